The Morgan fingerprint density at radius 2 is 1.04 bits per heavy atom. The Bertz CT molecular complexity index is 2480. The molecule has 0 radical (unpaired) electrons. The molecular weight excluding hydrogens is 613 g/mol. The van der Waals surface area contributed by atoms with E-state index < -0.39 is 0 Å². The molecule has 1 unspecified atom stereocenters. The first-order valence-electron chi connectivity index (χ1n) is 17.3. The van der Waals surface area contributed by atoms with E-state index in [-0.39, 0.29) is 6.04 Å². The number of benzene rings is 6. The second-order valence-electron chi connectivity index (χ2n) is 13.0. The van der Waals surface area contributed by atoms with Crippen LogP contribution in [0.2, 0.25) is 0 Å². The van der Waals surface area contributed by atoms with Gasteiger partial charge in [0.2, 0.25) is 0 Å². The number of aryl methyl sites for hydroxylation is 1. The van der Waals surface area contributed by atoms with Crippen molar-refractivity contribution in [2.24, 2.45) is 0 Å². The van der Waals surface area contributed by atoms with Gasteiger partial charge in [-0.2, -0.15) is 0 Å². The molecule has 0 saturated carbocycles. The summed E-state index contributed by atoms with van der Waals surface area (Å²) in [5, 5.41) is 0. The van der Waals surface area contributed by atoms with Crippen molar-refractivity contribution >= 4 is 22.4 Å². The van der Waals surface area contributed by atoms with Gasteiger partial charge < -0.3 is 4.90 Å². The molecule has 6 aromatic carbocycles. The summed E-state index contributed by atoms with van der Waals surface area (Å²) in [5.41, 5.74) is 12.2. The van der Waals surface area contributed by atoms with Crippen molar-refractivity contribution in [1.29, 1.82) is 0 Å². The molecule has 0 fully saturated rings. The lowest BCUT2D eigenvalue weighted by molar-refractivity contribution is 0.579. The maximum atomic E-state index is 5.52. The molecule has 6 heteroatoms. The highest BCUT2D eigenvalue weighted by atomic mass is 15.2. The fourth-order valence-electron chi connectivity index (χ4n) is 7.74. The Labute approximate surface area is 290 Å². The first-order valence-corrected chi connectivity index (χ1v) is 17.3. The third-order valence-electron chi connectivity index (χ3n) is 10.0. The molecule has 2 aromatic heterocycles. The van der Waals surface area contributed by atoms with Gasteiger partial charge in [0, 0.05) is 39.2 Å². The van der Waals surface area contributed by atoms with Gasteiger partial charge in [-0.1, -0.05) is 115 Å². The number of fused-ring (bicyclic) bond motifs is 12. The van der Waals surface area contributed by atoms with Crippen molar-refractivity contribution in [3.63, 3.8) is 0 Å². The van der Waals surface area contributed by atoms with Crippen molar-refractivity contribution in [2.75, 3.05) is 4.90 Å². The molecule has 10 rings (SSSR count). The van der Waals surface area contributed by atoms with Crippen LogP contribution in [0.25, 0.3) is 62.0 Å². The number of para-hydroxylation sites is 3. The SMILES string of the molecule is c1ccc(-c2nc(-c3ccccc3)nc(-c3ccc4c(c3)nc3n4-c4ccccc4-c4ccccc4N4c5ccccc5CCCC34)n2)cc1. The maximum Gasteiger partial charge on any atom is 0.164 e. The molecule has 1 atom stereocenters. The Kier molecular flexibility index (Phi) is 6.65. The summed E-state index contributed by atoms with van der Waals surface area (Å²) in [6.07, 6.45) is 3.09. The van der Waals surface area contributed by atoms with E-state index in [9.17, 15) is 0 Å². The average molecular weight is 645 g/mol. The number of hydrogen-bond donors (Lipinski definition) is 0. The van der Waals surface area contributed by atoms with E-state index in [2.05, 4.69) is 100 Å². The predicted molar refractivity (Wildman–Crippen MR) is 200 cm³/mol. The van der Waals surface area contributed by atoms with Gasteiger partial charge in [0.05, 0.1) is 22.8 Å². The van der Waals surface area contributed by atoms with Crippen molar-refractivity contribution in [1.82, 2.24) is 24.5 Å². The van der Waals surface area contributed by atoms with E-state index >= 15 is 0 Å². The second kappa shape index (κ2) is 11.6. The van der Waals surface area contributed by atoms with Crippen LogP contribution in [0, 0.1) is 0 Å². The van der Waals surface area contributed by atoms with Crippen LogP contribution in [-0.4, -0.2) is 24.5 Å². The second-order valence-corrected chi connectivity index (χ2v) is 13.0. The summed E-state index contributed by atoms with van der Waals surface area (Å²) in [6.45, 7) is 0. The zero-order valence-corrected chi connectivity index (χ0v) is 27.3. The van der Waals surface area contributed by atoms with Gasteiger partial charge in [0.15, 0.2) is 17.5 Å². The molecule has 0 bridgehead atoms. The van der Waals surface area contributed by atoms with E-state index in [0.29, 0.717) is 17.5 Å². The molecule has 4 heterocycles. The maximum absolute atomic E-state index is 5.52. The molecule has 0 spiro atoms. The number of hydrogen-bond acceptors (Lipinski definition) is 5. The van der Waals surface area contributed by atoms with E-state index in [1.54, 1.807) is 0 Å². The van der Waals surface area contributed by atoms with Crippen LogP contribution in [-0.2, 0) is 6.42 Å². The molecule has 0 saturated heterocycles. The van der Waals surface area contributed by atoms with Gasteiger partial charge in [-0.25, -0.2) is 19.9 Å². The zero-order valence-electron chi connectivity index (χ0n) is 27.3. The fraction of sp³-hybridized carbons (Fsp3) is 0.0909. The van der Waals surface area contributed by atoms with E-state index in [1.807, 2.05) is 60.7 Å². The van der Waals surface area contributed by atoms with Gasteiger partial charge in [-0.05, 0) is 61.2 Å². The molecule has 238 valence electrons. The van der Waals surface area contributed by atoms with Gasteiger partial charge >= 0.3 is 0 Å². The van der Waals surface area contributed by atoms with Gasteiger partial charge in [-0.3, -0.25) is 4.57 Å². The molecule has 50 heavy (non-hydrogen) atoms. The van der Waals surface area contributed by atoms with Crippen LogP contribution < -0.4 is 4.90 Å². The van der Waals surface area contributed by atoms with Crippen LogP contribution in [0.1, 0.15) is 30.3 Å². The lowest BCUT2D eigenvalue weighted by atomic mass is 9.96. The molecule has 2 aliphatic heterocycles. The van der Waals surface area contributed by atoms with E-state index in [0.717, 1.165) is 58.5 Å². The minimum atomic E-state index is 0.0375. The van der Waals surface area contributed by atoms with E-state index in [1.165, 1.54) is 28.1 Å². The number of anilines is 2. The lowest BCUT2D eigenvalue weighted by Gasteiger charge is -2.37. The van der Waals surface area contributed by atoms with Gasteiger partial charge in [0.1, 0.15) is 5.82 Å². The first kappa shape index (κ1) is 28.6. The summed E-state index contributed by atoms with van der Waals surface area (Å²) in [7, 11) is 0. The normalized spacial score (nSPS) is 14.7. The first-order chi connectivity index (χ1) is 24.8. The van der Waals surface area contributed by atoms with Crippen molar-refractivity contribution in [2.45, 2.75) is 25.3 Å². The monoisotopic (exact) mass is 644 g/mol. The van der Waals surface area contributed by atoms with Gasteiger partial charge in [-0.15, -0.1) is 0 Å². The molecule has 0 aliphatic carbocycles. The number of nitrogens with zero attached hydrogens (tertiary/aromatic N) is 6. The third kappa shape index (κ3) is 4.64. The topological polar surface area (TPSA) is 59.7 Å². The summed E-state index contributed by atoms with van der Waals surface area (Å²) in [6, 6.07) is 53.2. The molecule has 8 aromatic rings. The summed E-state index contributed by atoms with van der Waals surface area (Å²) in [5.74, 6) is 2.96. The van der Waals surface area contributed by atoms with Crippen LogP contribution in [0.15, 0.2) is 152 Å². The van der Waals surface area contributed by atoms with E-state index in [4.69, 9.17) is 19.9 Å². The minimum Gasteiger partial charge on any atom is -0.330 e. The Morgan fingerprint density at radius 1 is 0.480 bits per heavy atom. The molecule has 0 amide bonds. The summed E-state index contributed by atoms with van der Waals surface area (Å²) in [4.78, 5) is 23.0. The smallest absolute Gasteiger partial charge is 0.164 e. The highest BCUT2D eigenvalue weighted by Gasteiger charge is 2.35. The average Bonchev–Trinajstić information content (AvgIpc) is 3.45. The molecule has 6 nitrogen and oxygen atoms in total. The Balaban J connectivity index is 1.21. The summed E-state index contributed by atoms with van der Waals surface area (Å²) < 4.78 is 2.40. The van der Waals surface area contributed by atoms with Crippen molar-refractivity contribution in [3.8, 4) is 51.0 Å². The molecule has 0 N–H and O–H groups in total. The lowest BCUT2D eigenvalue weighted by Crippen LogP contribution is -2.28. The zero-order chi connectivity index (χ0) is 33.0. The molecular formula is C44H32N6. The van der Waals surface area contributed by atoms with Crippen LogP contribution in [0.3, 0.4) is 0 Å². The highest BCUT2D eigenvalue weighted by molar-refractivity contribution is 5.92. The Hall–Kier alpha value is -6.40. The number of aromatic nitrogens is 5. The highest BCUT2D eigenvalue weighted by Crippen LogP contribution is 2.49. The van der Waals surface area contributed by atoms with Gasteiger partial charge in [0.25, 0.3) is 0 Å². The third-order valence-corrected chi connectivity index (χ3v) is 10.0. The minimum absolute atomic E-state index is 0.0375. The van der Waals surface area contributed by atoms with Crippen LogP contribution >= 0.6 is 0 Å². The quantitative estimate of drug-likeness (QED) is 0.192. The van der Waals surface area contributed by atoms with Crippen LogP contribution in [0.5, 0.6) is 0 Å². The molecule has 2 aliphatic rings. The largest absolute Gasteiger partial charge is 0.330 e. The number of rotatable bonds is 3. The number of imidazole rings is 1. The van der Waals surface area contributed by atoms with Crippen LogP contribution in [0.4, 0.5) is 11.4 Å². The summed E-state index contributed by atoms with van der Waals surface area (Å²) >= 11 is 0. The fourth-order valence-corrected chi connectivity index (χ4v) is 7.74. The van der Waals surface area contributed by atoms with Crippen molar-refractivity contribution in [3.05, 3.63) is 163 Å². The standard InChI is InChI=1S/C44H32N6/c1-3-15-30(16-4-1)41-46-42(31-17-5-2-6-18-31)48-43(47-41)32-26-27-39-35(28-32)45-44-40-25-13-19-29-14-7-10-22-36(29)49(40)37-23-11-8-20-33(37)34-21-9-12-24-38(34)50(39)44/h1-12,14-18,20-24,26-28,40H,13,19,25H2. The Morgan fingerprint density at radius 3 is 1.74 bits per heavy atom. The predicted octanol–water partition coefficient (Wildman–Crippen LogP) is 10.4. The van der Waals surface area contributed by atoms with Crippen molar-refractivity contribution < 1.29 is 0 Å².